The number of hydrogen-bond donors (Lipinski definition) is 2. The number of pyridine rings is 1. The molecule has 0 aliphatic heterocycles. The number of rotatable bonds is 4. The molecule has 122 valence electrons. The minimum atomic E-state index is -0.853. The molecule has 0 spiro atoms. The fraction of sp³-hybridized carbons (Fsp3) is 0.500. The molecule has 2 fully saturated rings. The number of carbonyl (C=O) groups is 2. The van der Waals surface area contributed by atoms with E-state index in [9.17, 15) is 14.7 Å². The number of aromatic nitrogens is 1. The quantitative estimate of drug-likeness (QED) is 0.836. The third-order valence-corrected chi connectivity index (χ3v) is 5.18. The maximum atomic E-state index is 12.7. The maximum Gasteiger partial charge on any atom is 0.307 e. The zero-order valence-corrected chi connectivity index (χ0v) is 13.5. The molecule has 2 saturated carbocycles. The Bertz CT molecular complexity index is 649. The Labute approximate surface area is 135 Å². The second kappa shape index (κ2) is 6.14. The van der Waals surface area contributed by atoms with Crippen LogP contribution >= 0.6 is 0 Å². The summed E-state index contributed by atoms with van der Waals surface area (Å²) < 4.78 is 0. The summed E-state index contributed by atoms with van der Waals surface area (Å²) in [6.07, 6.45) is 3.48. The molecule has 1 heterocycles. The number of carbonyl (C=O) groups excluding carboxylic acids is 1. The van der Waals surface area contributed by atoms with Gasteiger partial charge < -0.3 is 10.4 Å². The molecular formula is C18H22N2O3. The Morgan fingerprint density at radius 2 is 1.91 bits per heavy atom. The summed E-state index contributed by atoms with van der Waals surface area (Å²) in [4.78, 5) is 28.6. The minimum absolute atomic E-state index is 0.0214. The van der Waals surface area contributed by atoms with Crippen LogP contribution < -0.4 is 5.32 Å². The SMILES string of the molecule is CC(C)=C1[C@@H]2CC[C@@H]1[C@@H](C(=O)NCc1ccccn1)[C@H]2C(=O)O. The first-order valence-corrected chi connectivity index (χ1v) is 8.08. The monoisotopic (exact) mass is 314 g/mol. The fourth-order valence-corrected chi connectivity index (χ4v) is 4.40. The number of carboxylic acid groups (broad SMARTS) is 1. The number of nitrogens with zero attached hydrogens (tertiary/aromatic N) is 1. The van der Waals surface area contributed by atoms with Gasteiger partial charge in [0.1, 0.15) is 0 Å². The Balaban J connectivity index is 1.79. The lowest BCUT2D eigenvalue weighted by Gasteiger charge is -2.26. The van der Waals surface area contributed by atoms with Crippen LogP contribution in [0.4, 0.5) is 0 Å². The van der Waals surface area contributed by atoms with E-state index in [-0.39, 0.29) is 17.7 Å². The van der Waals surface area contributed by atoms with E-state index in [4.69, 9.17) is 0 Å². The van der Waals surface area contributed by atoms with Crippen molar-refractivity contribution in [2.45, 2.75) is 33.2 Å². The van der Waals surface area contributed by atoms with Crippen LogP contribution in [-0.4, -0.2) is 22.0 Å². The average molecular weight is 314 g/mol. The molecule has 0 radical (unpaired) electrons. The number of nitrogens with one attached hydrogen (secondary N) is 1. The summed E-state index contributed by atoms with van der Waals surface area (Å²) >= 11 is 0. The van der Waals surface area contributed by atoms with Gasteiger partial charge in [-0.25, -0.2) is 0 Å². The first kappa shape index (κ1) is 15.7. The normalized spacial score (nSPS) is 28.7. The highest BCUT2D eigenvalue weighted by Gasteiger charge is 2.57. The second-order valence-corrected chi connectivity index (χ2v) is 6.67. The van der Waals surface area contributed by atoms with E-state index in [1.165, 1.54) is 11.1 Å². The smallest absolute Gasteiger partial charge is 0.307 e. The predicted molar refractivity (Wildman–Crippen MR) is 85.3 cm³/mol. The molecule has 23 heavy (non-hydrogen) atoms. The maximum absolute atomic E-state index is 12.7. The van der Waals surface area contributed by atoms with Gasteiger partial charge in [-0.1, -0.05) is 17.2 Å². The summed E-state index contributed by atoms with van der Waals surface area (Å²) in [6.45, 7) is 4.38. The van der Waals surface area contributed by atoms with Gasteiger partial charge in [0.25, 0.3) is 0 Å². The Hall–Kier alpha value is -2.17. The Kier molecular flexibility index (Phi) is 4.20. The molecule has 1 aromatic heterocycles. The van der Waals surface area contributed by atoms with Crippen LogP contribution in [0, 0.1) is 23.7 Å². The second-order valence-electron chi connectivity index (χ2n) is 6.67. The lowest BCUT2D eigenvalue weighted by molar-refractivity contribution is -0.149. The highest BCUT2D eigenvalue weighted by molar-refractivity contribution is 5.87. The molecule has 2 N–H and O–H groups in total. The number of allylic oxidation sites excluding steroid dienone is 2. The standard InChI is InChI=1S/C18H22N2O3/c1-10(2)14-12-6-7-13(14)16(18(22)23)15(12)17(21)20-9-11-5-3-4-8-19-11/h3-5,8,12-13,15-16H,6-7,9H2,1-2H3,(H,20,21)(H,22,23)/t12-,13-,15+,16-/m0/s1. The summed E-state index contributed by atoms with van der Waals surface area (Å²) in [5.41, 5.74) is 3.15. The van der Waals surface area contributed by atoms with Crippen molar-refractivity contribution in [2.75, 3.05) is 0 Å². The van der Waals surface area contributed by atoms with Gasteiger partial charge >= 0.3 is 5.97 Å². The minimum Gasteiger partial charge on any atom is -0.481 e. The van der Waals surface area contributed by atoms with Gasteiger partial charge in [-0.15, -0.1) is 0 Å². The van der Waals surface area contributed by atoms with Crippen LogP contribution in [0.5, 0.6) is 0 Å². The van der Waals surface area contributed by atoms with Crippen LogP contribution in [0.1, 0.15) is 32.4 Å². The highest BCUT2D eigenvalue weighted by atomic mass is 16.4. The van der Waals surface area contributed by atoms with Crippen LogP contribution in [0.2, 0.25) is 0 Å². The average Bonchev–Trinajstić information content (AvgIpc) is 3.09. The molecule has 5 heteroatoms. The van der Waals surface area contributed by atoms with E-state index in [0.29, 0.717) is 6.54 Å². The molecule has 0 unspecified atom stereocenters. The van der Waals surface area contributed by atoms with E-state index >= 15 is 0 Å². The summed E-state index contributed by atoms with van der Waals surface area (Å²) in [5.74, 6) is -1.96. The van der Waals surface area contributed by atoms with Crippen molar-refractivity contribution in [3.05, 3.63) is 41.2 Å². The fourth-order valence-electron chi connectivity index (χ4n) is 4.40. The van der Waals surface area contributed by atoms with Crippen LogP contribution in [0.3, 0.4) is 0 Å². The molecule has 2 bridgehead atoms. The van der Waals surface area contributed by atoms with Gasteiger partial charge in [0, 0.05) is 6.20 Å². The van der Waals surface area contributed by atoms with Crippen LogP contribution in [0.15, 0.2) is 35.5 Å². The zero-order chi connectivity index (χ0) is 16.6. The topological polar surface area (TPSA) is 79.3 Å². The largest absolute Gasteiger partial charge is 0.481 e. The van der Waals surface area contributed by atoms with Crippen molar-refractivity contribution in [3.8, 4) is 0 Å². The van der Waals surface area contributed by atoms with Crippen LogP contribution in [-0.2, 0) is 16.1 Å². The molecule has 1 amide bonds. The first-order valence-electron chi connectivity index (χ1n) is 8.08. The Morgan fingerprint density at radius 3 is 2.48 bits per heavy atom. The van der Waals surface area contributed by atoms with Crippen molar-refractivity contribution in [2.24, 2.45) is 23.7 Å². The first-order chi connectivity index (χ1) is 11.0. The summed E-state index contributed by atoms with van der Waals surface area (Å²) in [5, 5.41) is 12.5. The van der Waals surface area contributed by atoms with Crippen molar-refractivity contribution >= 4 is 11.9 Å². The lowest BCUT2D eigenvalue weighted by atomic mass is 9.78. The third-order valence-electron chi connectivity index (χ3n) is 5.18. The van der Waals surface area contributed by atoms with E-state index in [2.05, 4.69) is 10.3 Å². The molecule has 5 nitrogen and oxygen atoms in total. The van der Waals surface area contributed by atoms with E-state index in [0.717, 1.165) is 18.5 Å². The molecule has 2 aliphatic rings. The summed E-state index contributed by atoms with van der Waals surface area (Å²) in [6, 6.07) is 5.54. The van der Waals surface area contributed by atoms with Gasteiger partial charge in [-0.2, -0.15) is 0 Å². The summed E-state index contributed by atoms with van der Waals surface area (Å²) in [7, 11) is 0. The molecule has 0 aromatic carbocycles. The number of carboxylic acids is 1. The number of amides is 1. The molecule has 0 saturated heterocycles. The number of aliphatic carboxylic acids is 1. The number of fused-ring (bicyclic) bond motifs is 2. The molecule has 3 rings (SSSR count). The van der Waals surface area contributed by atoms with Crippen molar-refractivity contribution in [1.82, 2.24) is 10.3 Å². The van der Waals surface area contributed by atoms with Gasteiger partial charge in [0.15, 0.2) is 0 Å². The highest BCUT2D eigenvalue weighted by Crippen LogP contribution is 2.57. The van der Waals surface area contributed by atoms with Gasteiger partial charge in [-0.05, 0) is 50.7 Å². The molecule has 4 atom stereocenters. The van der Waals surface area contributed by atoms with Crippen molar-refractivity contribution in [3.63, 3.8) is 0 Å². The van der Waals surface area contributed by atoms with E-state index < -0.39 is 17.8 Å². The molecular weight excluding hydrogens is 292 g/mol. The van der Waals surface area contributed by atoms with E-state index in [1.807, 2.05) is 32.0 Å². The molecule has 1 aromatic rings. The zero-order valence-electron chi connectivity index (χ0n) is 13.5. The third kappa shape index (κ3) is 2.76. The van der Waals surface area contributed by atoms with Gasteiger partial charge in [-0.3, -0.25) is 14.6 Å². The Morgan fingerprint density at radius 1 is 1.22 bits per heavy atom. The van der Waals surface area contributed by atoms with Crippen molar-refractivity contribution in [1.29, 1.82) is 0 Å². The molecule has 2 aliphatic carbocycles. The van der Waals surface area contributed by atoms with Crippen molar-refractivity contribution < 1.29 is 14.7 Å². The van der Waals surface area contributed by atoms with E-state index in [1.54, 1.807) is 6.20 Å². The van der Waals surface area contributed by atoms with Gasteiger partial charge in [0.2, 0.25) is 5.91 Å². The van der Waals surface area contributed by atoms with Crippen LogP contribution in [0.25, 0.3) is 0 Å². The van der Waals surface area contributed by atoms with Gasteiger partial charge in [0.05, 0.1) is 24.1 Å². The number of hydrogen-bond acceptors (Lipinski definition) is 3. The predicted octanol–water partition coefficient (Wildman–Crippen LogP) is 2.39. The lowest BCUT2D eigenvalue weighted by Crippen LogP contribution is -2.41.